The van der Waals surface area contributed by atoms with Gasteiger partial charge in [-0.15, -0.1) is 0 Å². The summed E-state index contributed by atoms with van der Waals surface area (Å²) in [6, 6.07) is 28.9. The zero-order chi connectivity index (χ0) is 15.6. The molecule has 0 amide bonds. The molecular weight excluding hydrogens is 343 g/mol. The van der Waals surface area contributed by atoms with E-state index in [-0.39, 0.29) is 0 Å². The van der Waals surface area contributed by atoms with Crippen LogP contribution in [-0.4, -0.2) is 13.9 Å². The predicted molar refractivity (Wildman–Crippen MR) is 101 cm³/mol. The van der Waals surface area contributed by atoms with Crippen molar-refractivity contribution in [3.8, 4) is 0 Å². The summed E-state index contributed by atoms with van der Waals surface area (Å²) in [7, 11) is 0. The molecule has 3 aromatic carbocycles. The first kappa shape index (κ1) is 14.5. The molecule has 0 aliphatic carbocycles. The normalized spacial score (nSPS) is 16.6. The van der Waals surface area contributed by atoms with Gasteiger partial charge in [-0.3, -0.25) is 0 Å². The van der Waals surface area contributed by atoms with Gasteiger partial charge in [0.2, 0.25) is 0 Å². The Bertz CT molecular complexity index is 845. The topological polar surface area (TPSA) is 0 Å². The van der Waals surface area contributed by atoms with Crippen LogP contribution in [0.4, 0.5) is 0 Å². The van der Waals surface area contributed by atoms with E-state index in [0.717, 1.165) is 0 Å². The van der Waals surface area contributed by atoms with Gasteiger partial charge >= 0.3 is 142 Å². The molecule has 0 saturated carbocycles. The van der Waals surface area contributed by atoms with Gasteiger partial charge in [-0.1, -0.05) is 0 Å². The Hall–Kier alpha value is -2.08. The van der Waals surface area contributed by atoms with Crippen LogP contribution < -0.4 is 4.46 Å². The Kier molecular flexibility index (Phi) is 3.91. The molecule has 1 aliphatic rings. The van der Waals surface area contributed by atoms with E-state index in [0.29, 0.717) is 0 Å². The first-order valence-corrected chi connectivity index (χ1v) is 10.9. The van der Waals surface area contributed by atoms with Gasteiger partial charge in [0, 0.05) is 0 Å². The minimum atomic E-state index is -1.05. The van der Waals surface area contributed by atoms with E-state index in [1.165, 1.54) is 32.0 Å². The van der Waals surface area contributed by atoms with Crippen molar-refractivity contribution < 1.29 is 0 Å². The van der Waals surface area contributed by atoms with Crippen molar-refractivity contribution in [3.63, 3.8) is 0 Å². The summed E-state index contributed by atoms with van der Waals surface area (Å²) in [6.45, 7) is 2.15. The second-order valence-corrected chi connectivity index (χ2v) is 10.1. The van der Waals surface area contributed by atoms with Crippen LogP contribution >= 0.6 is 0 Å². The number of hydrogen-bond donors (Lipinski definition) is 0. The fourth-order valence-electron chi connectivity index (χ4n) is 2.99. The molecule has 0 radical (unpaired) electrons. The molecule has 0 aromatic heterocycles. The van der Waals surface area contributed by atoms with Gasteiger partial charge in [-0.2, -0.15) is 0 Å². The average Bonchev–Trinajstić information content (AvgIpc) is 2.62. The summed E-state index contributed by atoms with van der Waals surface area (Å²) < 4.78 is 3.07. The van der Waals surface area contributed by atoms with E-state index in [4.69, 9.17) is 0 Å². The van der Waals surface area contributed by atoms with Gasteiger partial charge in [0.25, 0.3) is 0 Å². The zero-order valence-corrected chi connectivity index (χ0v) is 14.9. The average molecular weight is 362 g/mol. The van der Waals surface area contributed by atoms with Crippen molar-refractivity contribution in [1.82, 2.24) is 0 Å². The molecule has 1 heterocycles. The standard InChI is InChI=1S/C22H19Se/c1-17-11-13-18(14-12-17)22-15-19-7-5-6-8-20(19)16-23(22)21-9-3-2-4-10-21/h2-15H,16H2,1H3/q+1. The van der Waals surface area contributed by atoms with Crippen molar-refractivity contribution in [3.05, 3.63) is 101 Å². The summed E-state index contributed by atoms with van der Waals surface area (Å²) in [6.07, 6.45) is 2.43. The Balaban J connectivity index is 1.86. The number of aryl methyl sites for hydroxylation is 1. The molecule has 0 fully saturated rings. The molecule has 112 valence electrons. The Labute approximate surface area is 142 Å². The predicted octanol–water partition coefficient (Wildman–Crippen LogP) is 4.57. The maximum absolute atomic E-state index is 2.43. The quantitative estimate of drug-likeness (QED) is 0.586. The molecule has 0 spiro atoms. The summed E-state index contributed by atoms with van der Waals surface area (Å²) in [5, 5.41) is 1.19. The Morgan fingerprint density at radius 1 is 0.739 bits per heavy atom. The number of fused-ring (bicyclic) bond motifs is 1. The molecule has 23 heavy (non-hydrogen) atoms. The van der Waals surface area contributed by atoms with E-state index >= 15 is 0 Å². The molecule has 0 saturated heterocycles. The number of benzene rings is 3. The Morgan fingerprint density at radius 2 is 1.43 bits per heavy atom. The van der Waals surface area contributed by atoms with Crippen LogP contribution in [0.3, 0.4) is 0 Å². The van der Waals surface area contributed by atoms with Crippen LogP contribution in [0.1, 0.15) is 22.3 Å². The second-order valence-electron chi connectivity index (χ2n) is 5.92. The fourth-order valence-corrected chi connectivity index (χ4v) is 7.87. The van der Waals surface area contributed by atoms with E-state index < -0.39 is 13.9 Å². The van der Waals surface area contributed by atoms with Crippen LogP contribution in [0.15, 0.2) is 78.9 Å². The van der Waals surface area contributed by atoms with Gasteiger partial charge in [0.05, 0.1) is 0 Å². The van der Waals surface area contributed by atoms with E-state index in [1.54, 1.807) is 4.47 Å². The third-order valence-corrected chi connectivity index (χ3v) is 9.15. The molecule has 0 N–H and O–H groups in total. The minimum absolute atomic E-state index is 1.05. The van der Waals surface area contributed by atoms with E-state index in [1.807, 2.05) is 0 Å². The molecule has 4 rings (SSSR count). The van der Waals surface area contributed by atoms with Crippen LogP contribution in [0.25, 0.3) is 10.5 Å². The monoisotopic (exact) mass is 363 g/mol. The molecular formula is C22H19Se+. The molecule has 1 heteroatoms. The van der Waals surface area contributed by atoms with Crippen molar-refractivity contribution in [1.29, 1.82) is 0 Å². The number of hydrogen-bond acceptors (Lipinski definition) is 0. The SMILES string of the molecule is Cc1ccc(C2=Cc3ccccc3C[Se+]2c2ccccc2)cc1. The van der Waals surface area contributed by atoms with E-state index in [2.05, 4.69) is 91.9 Å². The second kappa shape index (κ2) is 6.20. The first-order chi connectivity index (χ1) is 11.3. The fraction of sp³-hybridized carbons (Fsp3) is 0.0909. The molecule has 3 aromatic rings. The summed E-state index contributed by atoms with van der Waals surface area (Å²) in [4.78, 5) is 0. The zero-order valence-electron chi connectivity index (χ0n) is 13.2. The van der Waals surface area contributed by atoms with Gasteiger partial charge in [-0.05, 0) is 0 Å². The van der Waals surface area contributed by atoms with Crippen LogP contribution in [-0.2, 0) is 5.32 Å². The van der Waals surface area contributed by atoms with Crippen molar-refractivity contribution in [2.45, 2.75) is 12.2 Å². The third-order valence-electron chi connectivity index (χ3n) is 4.27. The van der Waals surface area contributed by atoms with Gasteiger partial charge < -0.3 is 0 Å². The van der Waals surface area contributed by atoms with Gasteiger partial charge in [-0.25, -0.2) is 0 Å². The summed E-state index contributed by atoms with van der Waals surface area (Å²) in [5.41, 5.74) is 5.59. The van der Waals surface area contributed by atoms with Crippen LogP contribution in [0, 0.1) is 6.92 Å². The van der Waals surface area contributed by atoms with E-state index in [9.17, 15) is 0 Å². The Morgan fingerprint density at radius 3 is 2.22 bits per heavy atom. The van der Waals surface area contributed by atoms with Crippen LogP contribution in [0.2, 0.25) is 0 Å². The van der Waals surface area contributed by atoms with Crippen LogP contribution in [0.5, 0.6) is 0 Å². The van der Waals surface area contributed by atoms with Crippen molar-refractivity contribution >= 4 is 28.9 Å². The van der Waals surface area contributed by atoms with Crippen molar-refractivity contribution in [2.75, 3.05) is 0 Å². The van der Waals surface area contributed by atoms with Crippen molar-refractivity contribution in [2.24, 2.45) is 0 Å². The first-order valence-electron chi connectivity index (χ1n) is 7.94. The maximum atomic E-state index is 2.43. The number of rotatable bonds is 2. The van der Waals surface area contributed by atoms with Gasteiger partial charge in [0.1, 0.15) is 0 Å². The molecule has 1 atom stereocenters. The van der Waals surface area contributed by atoms with Gasteiger partial charge in [0.15, 0.2) is 0 Å². The molecule has 0 bridgehead atoms. The summed E-state index contributed by atoms with van der Waals surface area (Å²) >= 11 is -1.05. The summed E-state index contributed by atoms with van der Waals surface area (Å²) in [5.74, 6) is 0. The molecule has 0 nitrogen and oxygen atoms in total. The third kappa shape index (κ3) is 2.91. The molecule has 1 aliphatic heterocycles. The molecule has 1 unspecified atom stereocenters.